The molecule has 1 aromatic carbocycles. The lowest BCUT2D eigenvalue weighted by atomic mass is 10.2. The highest BCUT2D eigenvalue weighted by Crippen LogP contribution is 2.12. The van der Waals surface area contributed by atoms with Gasteiger partial charge in [0.05, 0.1) is 5.69 Å². The van der Waals surface area contributed by atoms with E-state index >= 15 is 0 Å². The zero-order valence-corrected chi connectivity index (χ0v) is 9.65. The summed E-state index contributed by atoms with van der Waals surface area (Å²) in [6.45, 7) is 3.75. The third-order valence-corrected chi connectivity index (χ3v) is 2.14. The third-order valence-electron chi connectivity index (χ3n) is 2.14. The Hall–Kier alpha value is -2.30. The lowest BCUT2D eigenvalue weighted by Crippen LogP contribution is -2.19. The molecule has 0 aliphatic carbocycles. The summed E-state index contributed by atoms with van der Waals surface area (Å²) in [6.07, 6.45) is 0. The van der Waals surface area contributed by atoms with Crippen molar-refractivity contribution in [2.75, 3.05) is 10.6 Å². The summed E-state index contributed by atoms with van der Waals surface area (Å²) < 4.78 is 4.87. The molecule has 0 bridgehead atoms. The molecule has 17 heavy (non-hydrogen) atoms. The largest absolute Gasteiger partial charge is 0.338 e. The Morgan fingerprint density at radius 2 is 2.06 bits per heavy atom. The molecule has 88 valence electrons. The van der Waals surface area contributed by atoms with Crippen LogP contribution in [0.5, 0.6) is 0 Å². The Balaban J connectivity index is 1.98. The summed E-state index contributed by atoms with van der Waals surface area (Å²) >= 11 is 0. The van der Waals surface area contributed by atoms with Gasteiger partial charge in [0.1, 0.15) is 0 Å². The van der Waals surface area contributed by atoms with Gasteiger partial charge < -0.3 is 9.84 Å². The second kappa shape index (κ2) is 4.69. The first kappa shape index (κ1) is 11.2. The van der Waals surface area contributed by atoms with Crippen molar-refractivity contribution in [2.45, 2.75) is 13.8 Å². The number of anilines is 2. The molecule has 2 aromatic rings. The molecule has 2 amide bonds. The van der Waals surface area contributed by atoms with Gasteiger partial charge in [0.2, 0.25) is 5.88 Å². The van der Waals surface area contributed by atoms with Crippen molar-refractivity contribution in [3.05, 3.63) is 41.6 Å². The summed E-state index contributed by atoms with van der Waals surface area (Å²) in [4.78, 5) is 11.6. The maximum absolute atomic E-state index is 11.6. The summed E-state index contributed by atoms with van der Waals surface area (Å²) in [6, 6.07) is 8.83. The Bertz CT molecular complexity index is 534. The average Bonchev–Trinajstić information content (AvgIpc) is 2.63. The third kappa shape index (κ3) is 3.07. The van der Waals surface area contributed by atoms with Crippen LogP contribution in [0.25, 0.3) is 0 Å². The minimum Gasteiger partial charge on any atom is -0.338 e. The molecule has 1 aromatic heterocycles. The number of carbonyl (C=O) groups is 1. The highest BCUT2D eigenvalue weighted by molar-refractivity contribution is 5.98. The number of nitrogens with one attached hydrogen (secondary N) is 2. The molecule has 0 saturated heterocycles. The monoisotopic (exact) mass is 231 g/mol. The molecular formula is C12H13N3O2. The molecule has 5 nitrogen and oxygen atoms in total. The number of amides is 2. The second-order valence-electron chi connectivity index (χ2n) is 3.78. The Morgan fingerprint density at radius 1 is 1.24 bits per heavy atom. The quantitative estimate of drug-likeness (QED) is 0.835. The van der Waals surface area contributed by atoms with Crippen molar-refractivity contribution in [3.63, 3.8) is 0 Å². The number of nitrogens with zero attached hydrogens (tertiary/aromatic N) is 1. The van der Waals surface area contributed by atoms with E-state index in [9.17, 15) is 4.79 Å². The van der Waals surface area contributed by atoms with Gasteiger partial charge in [-0.25, -0.2) is 4.79 Å². The summed E-state index contributed by atoms with van der Waals surface area (Å²) in [5.41, 5.74) is 2.54. The van der Waals surface area contributed by atoms with Crippen LogP contribution in [-0.4, -0.2) is 11.2 Å². The van der Waals surface area contributed by atoms with E-state index in [1.54, 1.807) is 13.0 Å². The molecule has 0 atom stereocenters. The number of hydrogen-bond donors (Lipinski definition) is 2. The van der Waals surface area contributed by atoms with Gasteiger partial charge in [-0.3, -0.25) is 5.32 Å². The van der Waals surface area contributed by atoms with E-state index in [0.29, 0.717) is 5.88 Å². The second-order valence-corrected chi connectivity index (χ2v) is 3.78. The van der Waals surface area contributed by atoms with E-state index < -0.39 is 0 Å². The molecule has 5 heteroatoms. The first-order valence-electron chi connectivity index (χ1n) is 5.21. The molecule has 2 rings (SSSR count). The van der Waals surface area contributed by atoms with Gasteiger partial charge in [0.15, 0.2) is 0 Å². The SMILES string of the molecule is Cc1cccc(NC(=O)Nc2cc(C)no2)c1. The maximum Gasteiger partial charge on any atom is 0.326 e. The van der Waals surface area contributed by atoms with Crippen LogP contribution in [0.3, 0.4) is 0 Å². The van der Waals surface area contributed by atoms with E-state index in [2.05, 4.69) is 15.8 Å². The standard InChI is InChI=1S/C12H13N3O2/c1-8-4-3-5-10(6-8)13-12(16)14-11-7-9(2)15-17-11/h3-7H,1-2H3,(H2,13,14,16). The van der Waals surface area contributed by atoms with Crippen molar-refractivity contribution in [1.29, 1.82) is 0 Å². The number of aryl methyl sites for hydroxylation is 2. The first-order chi connectivity index (χ1) is 8.13. The van der Waals surface area contributed by atoms with E-state index in [1.807, 2.05) is 31.2 Å². The molecule has 0 saturated carbocycles. The first-order valence-corrected chi connectivity index (χ1v) is 5.21. The van der Waals surface area contributed by atoms with Crippen molar-refractivity contribution in [1.82, 2.24) is 5.16 Å². The fraction of sp³-hybridized carbons (Fsp3) is 0.167. The zero-order valence-electron chi connectivity index (χ0n) is 9.65. The lowest BCUT2D eigenvalue weighted by molar-refractivity contribution is 0.261. The molecule has 0 fully saturated rings. The minimum absolute atomic E-state index is 0.327. The molecule has 0 unspecified atom stereocenters. The van der Waals surface area contributed by atoms with Crippen LogP contribution >= 0.6 is 0 Å². The van der Waals surface area contributed by atoms with Crippen LogP contribution in [0.1, 0.15) is 11.3 Å². The fourth-order valence-electron chi connectivity index (χ4n) is 1.42. The van der Waals surface area contributed by atoms with Gasteiger partial charge in [0.25, 0.3) is 0 Å². The Morgan fingerprint density at radius 3 is 2.71 bits per heavy atom. The fourth-order valence-corrected chi connectivity index (χ4v) is 1.42. The van der Waals surface area contributed by atoms with E-state index in [1.165, 1.54) is 0 Å². The van der Waals surface area contributed by atoms with Crippen LogP contribution in [0.2, 0.25) is 0 Å². The minimum atomic E-state index is -0.355. The molecule has 0 aliphatic heterocycles. The van der Waals surface area contributed by atoms with Gasteiger partial charge >= 0.3 is 6.03 Å². The average molecular weight is 231 g/mol. The van der Waals surface area contributed by atoms with Gasteiger partial charge in [-0.15, -0.1) is 0 Å². The van der Waals surface area contributed by atoms with Gasteiger partial charge in [-0.1, -0.05) is 17.3 Å². The number of hydrogen-bond acceptors (Lipinski definition) is 3. The van der Waals surface area contributed by atoms with Crippen LogP contribution in [-0.2, 0) is 0 Å². The maximum atomic E-state index is 11.6. The van der Waals surface area contributed by atoms with E-state index in [4.69, 9.17) is 4.52 Å². The predicted molar refractivity (Wildman–Crippen MR) is 65.1 cm³/mol. The van der Waals surface area contributed by atoms with Crippen molar-refractivity contribution >= 4 is 17.6 Å². The van der Waals surface area contributed by atoms with Crippen LogP contribution in [0.4, 0.5) is 16.4 Å². The van der Waals surface area contributed by atoms with E-state index in [-0.39, 0.29) is 6.03 Å². The van der Waals surface area contributed by atoms with E-state index in [0.717, 1.165) is 16.9 Å². The smallest absolute Gasteiger partial charge is 0.326 e. The Labute approximate surface area is 98.8 Å². The Kier molecular flexibility index (Phi) is 3.09. The molecular weight excluding hydrogens is 218 g/mol. The number of rotatable bonds is 2. The molecule has 0 aliphatic rings. The van der Waals surface area contributed by atoms with Crippen molar-refractivity contribution in [2.24, 2.45) is 0 Å². The van der Waals surface area contributed by atoms with Crippen LogP contribution < -0.4 is 10.6 Å². The summed E-state index contributed by atoms with van der Waals surface area (Å²) in [5, 5.41) is 8.93. The number of urea groups is 1. The number of carbonyl (C=O) groups excluding carboxylic acids is 1. The molecule has 2 N–H and O–H groups in total. The highest BCUT2D eigenvalue weighted by Gasteiger charge is 2.06. The van der Waals surface area contributed by atoms with Crippen molar-refractivity contribution < 1.29 is 9.32 Å². The van der Waals surface area contributed by atoms with Gasteiger partial charge in [-0.2, -0.15) is 0 Å². The lowest BCUT2D eigenvalue weighted by Gasteiger charge is -2.05. The number of benzene rings is 1. The predicted octanol–water partition coefficient (Wildman–Crippen LogP) is 2.94. The van der Waals surface area contributed by atoms with Gasteiger partial charge in [-0.05, 0) is 31.5 Å². The van der Waals surface area contributed by atoms with Gasteiger partial charge in [0, 0.05) is 11.8 Å². The summed E-state index contributed by atoms with van der Waals surface area (Å²) in [5.74, 6) is 0.327. The highest BCUT2D eigenvalue weighted by atomic mass is 16.5. The molecule has 1 heterocycles. The van der Waals surface area contributed by atoms with Crippen LogP contribution in [0.15, 0.2) is 34.9 Å². The van der Waals surface area contributed by atoms with Crippen LogP contribution in [0, 0.1) is 13.8 Å². The molecule has 0 spiro atoms. The van der Waals surface area contributed by atoms with Crippen molar-refractivity contribution in [3.8, 4) is 0 Å². The molecule has 0 radical (unpaired) electrons. The zero-order chi connectivity index (χ0) is 12.3. The topological polar surface area (TPSA) is 67.2 Å². The summed E-state index contributed by atoms with van der Waals surface area (Å²) in [7, 11) is 0. The normalized spacial score (nSPS) is 10.0. The number of aromatic nitrogens is 1.